The van der Waals surface area contributed by atoms with Gasteiger partial charge in [-0.2, -0.15) is 0 Å². The van der Waals surface area contributed by atoms with Crippen LogP contribution in [0.5, 0.6) is 0 Å². The number of esters is 2. The van der Waals surface area contributed by atoms with Crippen molar-refractivity contribution in [1.82, 2.24) is 0 Å². The molecule has 0 N–H and O–H groups in total. The van der Waals surface area contributed by atoms with E-state index >= 15 is 0 Å². The first-order valence-corrected chi connectivity index (χ1v) is 20.9. The summed E-state index contributed by atoms with van der Waals surface area (Å²) in [7, 11) is -4.99. The fraction of sp³-hybridized carbons (Fsp3) is 0.944. The smallest absolute Gasteiger partial charge is 0.349 e. The van der Waals surface area contributed by atoms with Crippen molar-refractivity contribution in [2.45, 2.75) is 194 Å². The Hall–Kier alpha value is -0.866. The van der Waals surface area contributed by atoms with Gasteiger partial charge in [0.25, 0.3) is 0 Å². The summed E-state index contributed by atoms with van der Waals surface area (Å²) in [5.41, 5.74) is 0. The molecule has 0 spiro atoms. The standard InChI is InChI=1S/2C17H30O5Si.2CH4/c2*1-10-14-12(21-15(10)18)8-11-13(20-14)9-19-23(22-11,16(2,3)4)17(5,6)7;;/h2*10-14H,8-9H2,1-7H3;2*1H4/t10-,11+,12-,13+,14-;10-,11-,12+,13-,14+;;/m01../s1. The van der Waals surface area contributed by atoms with Crippen LogP contribution in [0.4, 0.5) is 0 Å². The van der Waals surface area contributed by atoms with Crippen LogP contribution in [0.1, 0.15) is 125 Å². The van der Waals surface area contributed by atoms with Crippen LogP contribution in [0.2, 0.25) is 20.2 Å². The van der Waals surface area contributed by atoms with Crippen LogP contribution in [0, 0.1) is 11.8 Å². The molecule has 0 radical (unpaired) electrons. The fourth-order valence-electron chi connectivity index (χ4n) is 8.93. The Bertz CT molecular complexity index is 1050. The third kappa shape index (κ3) is 6.87. The quantitative estimate of drug-likeness (QED) is 0.184. The van der Waals surface area contributed by atoms with Crippen LogP contribution >= 0.6 is 0 Å². The first-order chi connectivity index (χ1) is 20.9. The van der Waals surface area contributed by atoms with E-state index in [0.29, 0.717) is 13.2 Å². The van der Waals surface area contributed by atoms with E-state index in [0.717, 1.165) is 12.8 Å². The lowest BCUT2D eigenvalue weighted by Crippen LogP contribution is -2.67. The van der Waals surface area contributed by atoms with Crippen LogP contribution in [-0.2, 0) is 46.2 Å². The van der Waals surface area contributed by atoms with Gasteiger partial charge in [-0.3, -0.25) is 9.59 Å². The molecule has 12 heteroatoms. The van der Waals surface area contributed by atoms with Crippen LogP contribution in [0.15, 0.2) is 0 Å². The fourth-order valence-corrected chi connectivity index (χ4v) is 18.9. The summed E-state index contributed by atoms with van der Waals surface area (Å²) in [5.74, 6) is -0.713. The van der Waals surface area contributed by atoms with E-state index in [4.69, 9.17) is 36.7 Å². The lowest BCUT2D eigenvalue weighted by molar-refractivity contribution is -0.190. The summed E-state index contributed by atoms with van der Waals surface area (Å²) in [6, 6.07) is 0. The SMILES string of the molecule is C.C.C[C@@H]1C(=O)O[C@H]2C[C@H]3O[Si](C(C)(C)C)(C(C)(C)C)OC[C@H]3O[C@H]21.C[C@H]1C(=O)O[C@H]2C[C@H]3O[Si](C(C)(C)C)(C(C)(C)C)OC[C@H]3O[C@H]21. The van der Waals surface area contributed by atoms with Gasteiger partial charge in [-0.15, -0.1) is 0 Å². The molecule has 10 nitrogen and oxygen atoms in total. The number of carbonyl (C=O) groups is 2. The van der Waals surface area contributed by atoms with Crippen molar-refractivity contribution in [2.24, 2.45) is 11.8 Å². The lowest BCUT2D eigenvalue weighted by Gasteiger charge is -2.56. The van der Waals surface area contributed by atoms with Crippen LogP contribution in [-0.4, -0.2) is 91.1 Å². The highest BCUT2D eigenvalue weighted by Crippen LogP contribution is 2.57. The van der Waals surface area contributed by atoms with E-state index in [1.807, 2.05) is 13.8 Å². The van der Waals surface area contributed by atoms with Gasteiger partial charge < -0.3 is 36.7 Å². The maximum atomic E-state index is 11.8. The van der Waals surface area contributed by atoms with E-state index in [1.165, 1.54) is 0 Å². The number of hydrogen-bond acceptors (Lipinski definition) is 10. The zero-order chi connectivity index (χ0) is 34.4. The Balaban J connectivity index is 0.000000250. The minimum atomic E-state index is -2.49. The van der Waals surface area contributed by atoms with Crippen molar-refractivity contribution in [3.8, 4) is 0 Å². The Morgan fingerprint density at radius 2 is 0.792 bits per heavy atom. The minimum absolute atomic E-state index is 0. The summed E-state index contributed by atoms with van der Waals surface area (Å²) in [6.45, 7) is 31.3. The average Bonchev–Trinajstić information content (AvgIpc) is 3.35. The second kappa shape index (κ2) is 13.6. The minimum Gasteiger partial charge on any atom is -0.459 e. The third-order valence-corrected chi connectivity index (χ3v) is 21.2. The molecule has 6 aliphatic rings. The highest BCUT2D eigenvalue weighted by Gasteiger charge is 2.65. The van der Waals surface area contributed by atoms with Gasteiger partial charge in [0, 0.05) is 33.0 Å². The summed E-state index contributed by atoms with van der Waals surface area (Å²) >= 11 is 0. The Kier molecular flexibility index (Phi) is 11.8. The van der Waals surface area contributed by atoms with Gasteiger partial charge in [0.2, 0.25) is 0 Å². The van der Waals surface area contributed by atoms with Gasteiger partial charge in [0.15, 0.2) is 0 Å². The average molecular weight is 717 g/mol. The van der Waals surface area contributed by atoms with E-state index in [9.17, 15) is 9.59 Å². The zero-order valence-electron chi connectivity index (χ0n) is 30.7. The molecule has 0 aromatic heterocycles. The molecule has 0 aromatic rings. The van der Waals surface area contributed by atoms with Gasteiger partial charge in [0.05, 0.1) is 37.3 Å². The summed E-state index contributed by atoms with van der Waals surface area (Å²) < 4.78 is 49.5. The van der Waals surface area contributed by atoms with Crippen molar-refractivity contribution in [1.29, 1.82) is 0 Å². The molecular formula is C36H68O10Si2. The molecule has 0 aromatic carbocycles. The molecule has 6 saturated heterocycles. The van der Waals surface area contributed by atoms with Crippen LogP contribution in [0.3, 0.4) is 0 Å². The third-order valence-electron chi connectivity index (χ3n) is 10.9. The van der Waals surface area contributed by atoms with Crippen molar-refractivity contribution in [3.05, 3.63) is 0 Å². The first-order valence-electron chi connectivity index (χ1n) is 17.3. The monoisotopic (exact) mass is 716 g/mol. The predicted molar refractivity (Wildman–Crippen MR) is 190 cm³/mol. The predicted octanol–water partition coefficient (Wildman–Crippen LogP) is 7.60. The lowest BCUT2D eigenvalue weighted by atomic mass is 9.94. The number of fused-ring (bicyclic) bond motifs is 4. The van der Waals surface area contributed by atoms with Gasteiger partial charge >= 0.3 is 29.1 Å². The molecule has 0 saturated carbocycles. The largest absolute Gasteiger partial charge is 0.459 e. The number of ether oxygens (including phenoxy) is 4. The second-order valence-electron chi connectivity index (χ2n) is 18.4. The number of hydrogen-bond donors (Lipinski definition) is 0. The van der Waals surface area contributed by atoms with Crippen molar-refractivity contribution < 1.29 is 46.2 Å². The topological polar surface area (TPSA) is 108 Å². The van der Waals surface area contributed by atoms with E-state index < -0.39 is 17.1 Å². The van der Waals surface area contributed by atoms with Gasteiger partial charge in [0.1, 0.15) is 36.6 Å². The molecule has 0 bridgehead atoms. The summed E-state index contributed by atoms with van der Waals surface area (Å²) in [6.07, 6.45) is 0.472. The maximum Gasteiger partial charge on any atom is 0.349 e. The molecular weight excluding hydrogens is 649 g/mol. The van der Waals surface area contributed by atoms with Crippen molar-refractivity contribution >= 4 is 29.1 Å². The Labute approximate surface area is 293 Å². The van der Waals surface area contributed by atoms with Crippen LogP contribution in [0.25, 0.3) is 0 Å². The molecule has 280 valence electrons. The van der Waals surface area contributed by atoms with Gasteiger partial charge in [-0.05, 0) is 13.8 Å². The normalized spacial score (nSPS) is 38.6. The first kappa shape index (κ1) is 41.6. The number of rotatable bonds is 0. The Morgan fingerprint density at radius 3 is 1.06 bits per heavy atom. The van der Waals surface area contributed by atoms with Gasteiger partial charge in [-0.25, -0.2) is 0 Å². The number of carbonyl (C=O) groups excluding carboxylic acids is 2. The molecule has 6 heterocycles. The second-order valence-corrected chi connectivity index (χ2v) is 28.0. The molecule has 6 fully saturated rings. The molecule has 0 amide bonds. The van der Waals surface area contributed by atoms with Crippen molar-refractivity contribution in [2.75, 3.05) is 13.2 Å². The summed E-state index contributed by atoms with van der Waals surface area (Å²) in [4.78, 5) is 23.7. The highest BCUT2D eigenvalue weighted by atomic mass is 28.4. The molecule has 0 aliphatic carbocycles. The molecule has 6 aliphatic heterocycles. The molecule has 48 heavy (non-hydrogen) atoms. The zero-order valence-corrected chi connectivity index (χ0v) is 32.7. The van der Waals surface area contributed by atoms with E-state index in [2.05, 4.69) is 83.1 Å². The maximum absolute atomic E-state index is 11.8. The summed E-state index contributed by atoms with van der Waals surface area (Å²) in [5, 5.41) is -0.196. The van der Waals surface area contributed by atoms with Crippen molar-refractivity contribution in [3.63, 3.8) is 0 Å². The molecule has 10 atom stereocenters. The van der Waals surface area contributed by atoms with Crippen LogP contribution < -0.4 is 0 Å². The van der Waals surface area contributed by atoms with E-state index in [1.54, 1.807) is 0 Å². The van der Waals surface area contributed by atoms with E-state index in [-0.39, 0.29) is 108 Å². The highest BCUT2D eigenvalue weighted by molar-refractivity contribution is 6.74. The van der Waals surface area contributed by atoms with Gasteiger partial charge in [-0.1, -0.05) is 97.9 Å². The Morgan fingerprint density at radius 1 is 0.500 bits per heavy atom. The molecule has 6 rings (SSSR count). The molecule has 0 unspecified atom stereocenters.